The first kappa shape index (κ1) is 13.4. The van der Waals surface area contributed by atoms with Crippen LogP contribution in [-0.4, -0.2) is 30.6 Å². The van der Waals surface area contributed by atoms with Crippen LogP contribution in [0, 0.1) is 11.8 Å². The first-order valence-corrected chi connectivity index (χ1v) is 7.79. The number of nitrogens with two attached hydrogens (primary N) is 1. The van der Waals surface area contributed by atoms with Crippen molar-refractivity contribution in [2.75, 3.05) is 19.6 Å². The van der Waals surface area contributed by atoms with Crippen LogP contribution in [0.15, 0.2) is 0 Å². The molecule has 3 atom stereocenters. The van der Waals surface area contributed by atoms with E-state index in [2.05, 4.69) is 11.8 Å². The molecule has 1 saturated carbocycles. The second-order valence-corrected chi connectivity index (χ2v) is 6.10. The van der Waals surface area contributed by atoms with Gasteiger partial charge < -0.3 is 10.6 Å². The summed E-state index contributed by atoms with van der Waals surface area (Å²) in [7, 11) is 0. The third-order valence-electron chi connectivity index (χ3n) is 5.05. The lowest BCUT2D eigenvalue weighted by molar-refractivity contribution is 0.0833. The van der Waals surface area contributed by atoms with Crippen LogP contribution >= 0.6 is 0 Å². The largest absolute Gasteiger partial charge is 0.330 e. The van der Waals surface area contributed by atoms with Gasteiger partial charge in [-0.1, -0.05) is 32.6 Å². The third kappa shape index (κ3) is 3.45. The van der Waals surface area contributed by atoms with E-state index in [1.807, 2.05) is 0 Å². The molecule has 1 heterocycles. The fraction of sp³-hybridized carbons (Fsp3) is 1.00. The molecule has 0 spiro atoms. The molecule has 0 bridgehead atoms. The average Bonchev–Trinajstić information content (AvgIpc) is 2.66. The number of rotatable bonds is 3. The number of hydrogen-bond acceptors (Lipinski definition) is 2. The van der Waals surface area contributed by atoms with Gasteiger partial charge in [0.15, 0.2) is 0 Å². The van der Waals surface area contributed by atoms with Crippen LogP contribution in [0.3, 0.4) is 0 Å². The molecular weight excluding hydrogens is 208 g/mol. The van der Waals surface area contributed by atoms with E-state index in [1.54, 1.807) is 0 Å². The monoisotopic (exact) mass is 238 g/mol. The summed E-state index contributed by atoms with van der Waals surface area (Å²) in [6.45, 7) is 5.92. The van der Waals surface area contributed by atoms with Crippen molar-refractivity contribution in [1.82, 2.24) is 4.90 Å². The highest BCUT2D eigenvalue weighted by molar-refractivity contribution is 4.87. The quantitative estimate of drug-likeness (QED) is 0.819. The van der Waals surface area contributed by atoms with Gasteiger partial charge in [0.25, 0.3) is 0 Å². The van der Waals surface area contributed by atoms with Crippen molar-refractivity contribution < 1.29 is 0 Å². The summed E-state index contributed by atoms with van der Waals surface area (Å²) < 4.78 is 0. The van der Waals surface area contributed by atoms with Crippen LogP contribution in [0.4, 0.5) is 0 Å². The Hall–Kier alpha value is -0.0800. The molecule has 2 rings (SSSR count). The molecule has 17 heavy (non-hydrogen) atoms. The van der Waals surface area contributed by atoms with Crippen molar-refractivity contribution in [1.29, 1.82) is 0 Å². The lowest BCUT2D eigenvalue weighted by atomic mass is 9.76. The van der Waals surface area contributed by atoms with E-state index in [-0.39, 0.29) is 0 Å². The third-order valence-corrected chi connectivity index (χ3v) is 5.05. The zero-order valence-electron chi connectivity index (χ0n) is 11.5. The second-order valence-electron chi connectivity index (χ2n) is 6.10. The highest BCUT2D eigenvalue weighted by Gasteiger charge is 2.32. The van der Waals surface area contributed by atoms with E-state index < -0.39 is 0 Å². The lowest BCUT2D eigenvalue weighted by Crippen LogP contribution is -2.47. The molecule has 1 saturated heterocycles. The summed E-state index contributed by atoms with van der Waals surface area (Å²) >= 11 is 0. The zero-order chi connectivity index (χ0) is 12.1. The summed E-state index contributed by atoms with van der Waals surface area (Å²) in [5, 5.41) is 0. The maximum absolute atomic E-state index is 6.00. The van der Waals surface area contributed by atoms with Gasteiger partial charge in [-0.2, -0.15) is 0 Å². The lowest BCUT2D eigenvalue weighted by Gasteiger charge is -2.42. The molecule has 0 aromatic rings. The van der Waals surface area contributed by atoms with Crippen LogP contribution in [0.2, 0.25) is 0 Å². The standard InChI is InChI=1S/C15H30N2/c1-2-13-7-8-14(12-16)15(11-13)17-9-5-3-4-6-10-17/h13-15H,2-12,16H2,1H3. The highest BCUT2D eigenvalue weighted by atomic mass is 15.2. The Labute approximate surface area is 107 Å². The molecule has 1 aliphatic carbocycles. The van der Waals surface area contributed by atoms with E-state index in [9.17, 15) is 0 Å². The van der Waals surface area contributed by atoms with Crippen LogP contribution in [0.5, 0.6) is 0 Å². The van der Waals surface area contributed by atoms with Crippen molar-refractivity contribution >= 4 is 0 Å². The van der Waals surface area contributed by atoms with Gasteiger partial charge in [0.1, 0.15) is 0 Å². The Kier molecular flexibility index (Phi) is 5.30. The molecule has 1 aliphatic heterocycles. The topological polar surface area (TPSA) is 29.3 Å². The van der Waals surface area contributed by atoms with E-state index in [4.69, 9.17) is 5.73 Å². The van der Waals surface area contributed by atoms with E-state index in [0.29, 0.717) is 0 Å². The van der Waals surface area contributed by atoms with Gasteiger partial charge in [0, 0.05) is 6.04 Å². The molecule has 100 valence electrons. The van der Waals surface area contributed by atoms with Gasteiger partial charge in [-0.25, -0.2) is 0 Å². The van der Waals surface area contributed by atoms with Gasteiger partial charge in [0.2, 0.25) is 0 Å². The molecule has 2 fully saturated rings. The van der Waals surface area contributed by atoms with Crippen LogP contribution in [-0.2, 0) is 0 Å². The first-order chi connectivity index (χ1) is 8.35. The van der Waals surface area contributed by atoms with Crippen molar-refractivity contribution in [3.8, 4) is 0 Å². The minimum absolute atomic E-state index is 0.774. The average molecular weight is 238 g/mol. The Bertz CT molecular complexity index is 209. The van der Waals surface area contributed by atoms with Gasteiger partial charge in [0.05, 0.1) is 0 Å². The van der Waals surface area contributed by atoms with E-state index >= 15 is 0 Å². The number of likely N-dealkylation sites (tertiary alicyclic amines) is 1. The smallest absolute Gasteiger partial charge is 0.0138 e. The zero-order valence-corrected chi connectivity index (χ0v) is 11.5. The van der Waals surface area contributed by atoms with Crippen LogP contribution < -0.4 is 5.73 Å². The first-order valence-electron chi connectivity index (χ1n) is 7.79. The molecular formula is C15H30N2. The molecule has 2 nitrogen and oxygen atoms in total. The summed E-state index contributed by atoms with van der Waals surface area (Å²) in [5.41, 5.74) is 6.00. The summed E-state index contributed by atoms with van der Waals surface area (Å²) in [4.78, 5) is 2.78. The van der Waals surface area contributed by atoms with Crippen molar-refractivity contribution in [3.63, 3.8) is 0 Å². The summed E-state index contributed by atoms with van der Waals surface area (Å²) in [5.74, 6) is 1.74. The van der Waals surface area contributed by atoms with Gasteiger partial charge >= 0.3 is 0 Å². The fourth-order valence-electron chi connectivity index (χ4n) is 3.81. The number of nitrogens with zero attached hydrogens (tertiary/aromatic N) is 1. The van der Waals surface area contributed by atoms with Crippen molar-refractivity contribution in [2.45, 2.75) is 64.3 Å². The van der Waals surface area contributed by atoms with Crippen LogP contribution in [0.1, 0.15) is 58.3 Å². The van der Waals surface area contributed by atoms with Crippen LogP contribution in [0.25, 0.3) is 0 Å². The highest BCUT2D eigenvalue weighted by Crippen LogP contribution is 2.34. The van der Waals surface area contributed by atoms with Crippen molar-refractivity contribution in [3.05, 3.63) is 0 Å². The summed E-state index contributed by atoms with van der Waals surface area (Å²) in [6.07, 6.45) is 11.3. The molecule has 2 heteroatoms. The van der Waals surface area contributed by atoms with Gasteiger partial charge in [-0.15, -0.1) is 0 Å². The molecule has 0 radical (unpaired) electrons. The Morgan fingerprint density at radius 3 is 2.35 bits per heavy atom. The maximum atomic E-state index is 6.00. The van der Waals surface area contributed by atoms with E-state index in [1.165, 1.54) is 64.5 Å². The predicted octanol–water partition coefficient (Wildman–Crippen LogP) is 3.02. The minimum Gasteiger partial charge on any atom is -0.330 e. The summed E-state index contributed by atoms with van der Waals surface area (Å²) in [6, 6.07) is 0.803. The van der Waals surface area contributed by atoms with Crippen molar-refractivity contribution in [2.24, 2.45) is 17.6 Å². The maximum Gasteiger partial charge on any atom is 0.0138 e. The molecule has 0 aromatic heterocycles. The second kappa shape index (κ2) is 6.75. The number of hydrogen-bond donors (Lipinski definition) is 1. The van der Waals surface area contributed by atoms with Gasteiger partial charge in [-0.05, 0) is 57.2 Å². The SMILES string of the molecule is CCC1CCC(CN)C(N2CCCCCC2)C1. The Morgan fingerprint density at radius 1 is 1.06 bits per heavy atom. The van der Waals surface area contributed by atoms with Gasteiger partial charge in [-0.3, -0.25) is 0 Å². The molecule has 0 amide bonds. The molecule has 3 unspecified atom stereocenters. The molecule has 2 N–H and O–H groups in total. The minimum atomic E-state index is 0.774. The van der Waals surface area contributed by atoms with E-state index in [0.717, 1.165) is 24.4 Å². The molecule has 2 aliphatic rings. The fourth-order valence-corrected chi connectivity index (χ4v) is 3.81. The molecule has 0 aromatic carbocycles. The Balaban J connectivity index is 1.97. The normalized spacial score (nSPS) is 36.7. The Morgan fingerprint density at radius 2 is 1.76 bits per heavy atom. The predicted molar refractivity (Wildman–Crippen MR) is 74.0 cm³/mol.